The predicted molar refractivity (Wildman–Crippen MR) is 90.8 cm³/mol. The lowest BCUT2D eigenvalue weighted by Crippen LogP contribution is -2.79. The van der Waals surface area contributed by atoms with Gasteiger partial charge in [-0.15, -0.1) is 0 Å². The molecule has 0 amide bonds. The van der Waals surface area contributed by atoms with E-state index < -0.39 is 16.8 Å². The fourth-order valence-corrected chi connectivity index (χ4v) is 6.62. The summed E-state index contributed by atoms with van der Waals surface area (Å²) in [5.41, 5.74) is 2.54. The topological polar surface area (TPSA) is 51.2 Å². The van der Waals surface area contributed by atoms with Crippen molar-refractivity contribution in [2.45, 2.75) is 61.6 Å². The van der Waals surface area contributed by atoms with E-state index in [1.54, 1.807) is 0 Å². The van der Waals surface area contributed by atoms with E-state index in [9.17, 15) is 5.11 Å². The summed E-state index contributed by atoms with van der Waals surface area (Å²) in [4.78, 5) is 2.34. The van der Waals surface area contributed by atoms with Gasteiger partial charge in [-0.2, -0.15) is 0 Å². The molecule has 3 aliphatic heterocycles. The average Bonchev–Trinajstić information content (AvgIpc) is 3.19. The molecule has 2 aliphatic carbocycles. The van der Waals surface area contributed by atoms with E-state index in [2.05, 4.69) is 31.0 Å². The number of aryl methyl sites for hydroxylation is 1. The fraction of sp³-hybridized carbons (Fsp3) is 0.700. The molecule has 1 N–H and O–H groups in total. The highest BCUT2D eigenvalue weighted by atomic mass is 16.8. The lowest BCUT2D eigenvalue weighted by atomic mass is 9.48. The van der Waals surface area contributed by atoms with Crippen molar-refractivity contribution in [2.24, 2.45) is 0 Å². The summed E-state index contributed by atoms with van der Waals surface area (Å²) in [6.45, 7) is 4.29. The molecule has 5 aliphatic rings. The van der Waals surface area contributed by atoms with Gasteiger partial charge in [0.15, 0.2) is 6.10 Å². The Morgan fingerprint density at radius 3 is 2.76 bits per heavy atom. The molecule has 2 spiro atoms. The molecule has 0 radical (unpaired) electrons. The van der Waals surface area contributed by atoms with Gasteiger partial charge in [0, 0.05) is 18.0 Å². The molecule has 134 valence electrons. The molecule has 2 saturated heterocycles. The van der Waals surface area contributed by atoms with Gasteiger partial charge in [-0.05, 0) is 50.9 Å². The number of aliphatic hydroxyl groups is 1. The number of benzene rings is 1. The standard InChI is InChI=1S/C20H25NO4/c1-12-3-4-13-11-14-19(22)5-6-20(23-9-10-24-20)17-18(19,7-8-21(14)2)15(13)16(12)25-17/h3-4,14,17,22H,5-11H2,1-2H3/t14?,17?,18-,19?/m0/s1. The number of hydrogen-bond donors (Lipinski definition) is 1. The molecule has 1 aromatic carbocycles. The number of hydrogen-bond acceptors (Lipinski definition) is 5. The van der Waals surface area contributed by atoms with Gasteiger partial charge >= 0.3 is 0 Å². The second kappa shape index (κ2) is 4.39. The number of ether oxygens (including phenoxy) is 3. The summed E-state index contributed by atoms with van der Waals surface area (Å²) in [5.74, 6) is 0.275. The van der Waals surface area contributed by atoms with Crippen LogP contribution in [0.5, 0.6) is 5.75 Å². The van der Waals surface area contributed by atoms with Crippen LogP contribution in [0.2, 0.25) is 0 Å². The Bertz CT molecular complexity index is 773. The summed E-state index contributed by atoms with van der Waals surface area (Å²) in [6.07, 6.45) is 2.92. The molecule has 5 heteroatoms. The van der Waals surface area contributed by atoms with Gasteiger partial charge < -0.3 is 24.2 Å². The maximum absolute atomic E-state index is 12.1. The van der Waals surface area contributed by atoms with Crippen molar-refractivity contribution in [1.29, 1.82) is 0 Å². The van der Waals surface area contributed by atoms with Crippen molar-refractivity contribution in [3.05, 3.63) is 28.8 Å². The molecular weight excluding hydrogens is 318 g/mol. The van der Waals surface area contributed by atoms with Crippen molar-refractivity contribution in [1.82, 2.24) is 4.90 Å². The van der Waals surface area contributed by atoms with Gasteiger partial charge in [-0.3, -0.25) is 0 Å². The van der Waals surface area contributed by atoms with Gasteiger partial charge in [-0.25, -0.2) is 0 Å². The first kappa shape index (κ1) is 15.0. The zero-order valence-corrected chi connectivity index (χ0v) is 14.9. The first-order chi connectivity index (χ1) is 12.0. The highest BCUT2D eigenvalue weighted by molar-refractivity contribution is 5.60. The Labute approximate surface area is 147 Å². The summed E-state index contributed by atoms with van der Waals surface area (Å²) < 4.78 is 18.9. The predicted octanol–water partition coefficient (Wildman–Crippen LogP) is 1.52. The van der Waals surface area contributed by atoms with Gasteiger partial charge in [0.25, 0.3) is 0 Å². The van der Waals surface area contributed by atoms with E-state index in [-0.39, 0.29) is 12.1 Å². The van der Waals surface area contributed by atoms with Crippen LogP contribution >= 0.6 is 0 Å². The van der Waals surface area contributed by atoms with Crippen LogP contribution in [0.4, 0.5) is 0 Å². The third-order valence-electron chi connectivity index (χ3n) is 7.73. The number of likely N-dealkylation sites (N-methyl/N-ethyl adjacent to an activating group) is 1. The third-order valence-corrected chi connectivity index (χ3v) is 7.73. The summed E-state index contributed by atoms with van der Waals surface area (Å²) in [5, 5.41) is 12.1. The molecule has 1 saturated carbocycles. The zero-order chi connectivity index (χ0) is 17.0. The number of nitrogens with zero attached hydrogens (tertiary/aromatic N) is 1. The van der Waals surface area contributed by atoms with Crippen LogP contribution < -0.4 is 4.74 Å². The Morgan fingerprint density at radius 1 is 1.16 bits per heavy atom. The van der Waals surface area contributed by atoms with E-state index >= 15 is 0 Å². The molecule has 3 heterocycles. The van der Waals surface area contributed by atoms with Crippen molar-refractivity contribution < 1.29 is 19.3 Å². The van der Waals surface area contributed by atoms with E-state index in [0.717, 1.165) is 30.7 Å². The van der Waals surface area contributed by atoms with Crippen molar-refractivity contribution in [2.75, 3.05) is 26.8 Å². The maximum Gasteiger partial charge on any atom is 0.207 e. The highest BCUT2D eigenvalue weighted by Crippen LogP contribution is 2.67. The normalized spacial score (nSPS) is 43.2. The van der Waals surface area contributed by atoms with Gasteiger partial charge in [0.05, 0.1) is 24.2 Å². The average molecular weight is 343 g/mol. The van der Waals surface area contributed by atoms with Crippen LogP contribution in [0.1, 0.15) is 36.0 Å². The Morgan fingerprint density at radius 2 is 1.96 bits per heavy atom. The zero-order valence-electron chi connectivity index (χ0n) is 14.9. The minimum atomic E-state index is -0.780. The molecule has 0 aromatic heterocycles. The Kier molecular flexibility index (Phi) is 2.63. The summed E-state index contributed by atoms with van der Waals surface area (Å²) in [6, 6.07) is 4.53. The van der Waals surface area contributed by atoms with E-state index in [0.29, 0.717) is 26.1 Å². The summed E-state index contributed by atoms with van der Waals surface area (Å²) in [7, 11) is 2.15. The van der Waals surface area contributed by atoms with Crippen LogP contribution in [0.3, 0.4) is 0 Å². The van der Waals surface area contributed by atoms with Gasteiger partial charge in [-0.1, -0.05) is 12.1 Å². The smallest absolute Gasteiger partial charge is 0.207 e. The van der Waals surface area contributed by atoms with Crippen LogP contribution in [0.25, 0.3) is 0 Å². The number of rotatable bonds is 0. The lowest BCUT2D eigenvalue weighted by Gasteiger charge is -2.64. The molecule has 25 heavy (non-hydrogen) atoms. The van der Waals surface area contributed by atoms with Crippen LogP contribution in [-0.4, -0.2) is 60.3 Å². The van der Waals surface area contributed by atoms with Gasteiger partial charge in [0.1, 0.15) is 5.75 Å². The van der Waals surface area contributed by atoms with Crippen molar-refractivity contribution >= 4 is 0 Å². The second-order valence-corrected chi connectivity index (χ2v) is 8.60. The first-order valence-electron chi connectivity index (χ1n) is 9.52. The van der Waals surface area contributed by atoms with Crippen LogP contribution in [0.15, 0.2) is 12.1 Å². The number of fused-ring (bicyclic) bond motifs is 1. The van der Waals surface area contributed by atoms with Crippen molar-refractivity contribution in [3.63, 3.8) is 0 Å². The molecule has 2 bridgehead atoms. The minimum Gasteiger partial charge on any atom is -0.483 e. The molecule has 5 nitrogen and oxygen atoms in total. The molecule has 4 atom stereocenters. The number of piperidine rings is 1. The SMILES string of the molecule is Cc1ccc2c3c1OC1C4(CCC5(O)C(C2)N(C)CC[C@]315)OCCO4. The first-order valence-corrected chi connectivity index (χ1v) is 9.52. The lowest BCUT2D eigenvalue weighted by molar-refractivity contribution is -0.295. The molecule has 3 unspecified atom stereocenters. The third kappa shape index (κ3) is 1.45. The van der Waals surface area contributed by atoms with E-state index in [4.69, 9.17) is 14.2 Å². The molecule has 1 aromatic rings. The monoisotopic (exact) mass is 343 g/mol. The van der Waals surface area contributed by atoms with E-state index in [1.807, 2.05) is 0 Å². The largest absolute Gasteiger partial charge is 0.483 e. The molecule has 3 fully saturated rings. The summed E-state index contributed by atoms with van der Waals surface area (Å²) >= 11 is 0. The number of likely N-dealkylation sites (tertiary alicyclic amines) is 1. The van der Waals surface area contributed by atoms with Crippen molar-refractivity contribution in [3.8, 4) is 5.75 Å². The quantitative estimate of drug-likeness (QED) is 0.774. The Hall–Kier alpha value is -1.14. The maximum atomic E-state index is 12.1. The molecular formula is C20H25NO4. The van der Waals surface area contributed by atoms with Crippen LogP contribution in [0, 0.1) is 6.92 Å². The molecule has 6 rings (SSSR count). The van der Waals surface area contributed by atoms with E-state index in [1.165, 1.54) is 11.1 Å². The van der Waals surface area contributed by atoms with Gasteiger partial charge in [0.2, 0.25) is 5.79 Å². The van der Waals surface area contributed by atoms with Crippen LogP contribution in [-0.2, 0) is 21.3 Å². The fourth-order valence-electron chi connectivity index (χ4n) is 6.62. The highest BCUT2D eigenvalue weighted by Gasteiger charge is 2.76. The Balaban J connectivity index is 1.67. The minimum absolute atomic E-state index is 0.132. The second-order valence-electron chi connectivity index (χ2n) is 8.60.